The van der Waals surface area contributed by atoms with E-state index in [-0.39, 0.29) is 11.8 Å². The van der Waals surface area contributed by atoms with E-state index in [0.717, 1.165) is 12.8 Å². The number of carbonyl (C=O) groups is 2. The predicted octanol–water partition coefficient (Wildman–Crippen LogP) is 1.97. The molecule has 1 aromatic rings. The van der Waals surface area contributed by atoms with E-state index in [1.807, 2.05) is 6.07 Å². The number of amides is 2. The average molecular weight is 302 g/mol. The van der Waals surface area contributed by atoms with Crippen molar-refractivity contribution in [2.24, 2.45) is 0 Å². The van der Waals surface area contributed by atoms with Crippen LogP contribution in [-0.2, 0) is 4.79 Å². The lowest BCUT2D eigenvalue weighted by Gasteiger charge is -2.20. The molecule has 5 nitrogen and oxygen atoms in total. The van der Waals surface area contributed by atoms with Gasteiger partial charge >= 0.3 is 0 Å². The summed E-state index contributed by atoms with van der Waals surface area (Å²) >= 11 is 0. The second-order valence-electron chi connectivity index (χ2n) is 6.11. The fourth-order valence-electron chi connectivity index (χ4n) is 3.35. The van der Waals surface area contributed by atoms with Crippen LogP contribution in [0.1, 0.15) is 60.7 Å². The Labute approximate surface area is 130 Å². The molecule has 2 aliphatic rings. The third kappa shape index (κ3) is 2.99. The molecule has 0 saturated heterocycles. The number of hydrogen-bond acceptors (Lipinski definition) is 3. The number of benzene rings is 1. The Hall–Kier alpha value is -1.88. The summed E-state index contributed by atoms with van der Waals surface area (Å²) in [5.41, 5.74) is 1.22. The Morgan fingerprint density at radius 2 is 2.00 bits per heavy atom. The molecule has 2 amide bonds. The molecule has 1 saturated carbocycles. The molecule has 1 aliphatic carbocycles. The molecule has 2 N–H and O–H groups in total. The molecule has 22 heavy (non-hydrogen) atoms. The van der Waals surface area contributed by atoms with E-state index < -0.39 is 6.23 Å². The van der Waals surface area contributed by atoms with Crippen LogP contribution in [0.15, 0.2) is 24.3 Å². The van der Waals surface area contributed by atoms with E-state index in [0.29, 0.717) is 36.6 Å². The number of fused-ring (bicyclic) bond motifs is 1. The fourth-order valence-corrected chi connectivity index (χ4v) is 3.35. The Balaban J connectivity index is 1.48. The molecule has 118 valence electrons. The molecule has 1 atom stereocenters. The Kier molecular flexibility index (Phi) is 4.43. The number of hydrogen-bond donors (Lipinski definition) is 2. The molecular formula is C17H22N2O3. The fraction of sp³-hybridized carbons (Fsp3) is 0.529. The third-order valence-corrected chi connectivity index (χ3v) is 4.55. The highest BCUT2D eigenvalue weighted by Gasteiger charge is 2.34. The summed E-state index contributed by atoms with van der Waals surface area (Å²) in [6.07, 6.45) is 4.60. The zero-order valence-electron chi connectivity index (χ0n) is 12.6. The average Bonchev–Trinajstić information content (AvgIpc) is 3.10. The molecule has 1 aromatic carbocycles. The van der Waals surface area contributed by atoms with Crippen LogP contribution in [0.25, 0.3) is 0 Å². The van der Waals surface area contributed by atoms with Crippen LogP contribution in [0.4, 0.5) is 0 Å². The summed E-state index contributed by atoms with van der Waals surface area (Å²) < 4.78 is 0. The summed E-state index contributed by atoms with van der Waals surface area (Å²) in [6.45, 7) is 0.396. The van der Waals surface area contributed by atoms with Crippen LogP contribution in [0.2, 0.25) is 0 Å². The van der Waals surface area contributed by atoms with Crippen molar-refractivity contribution in [3.05, 3.63) is 35.4 Å². The maximum Gasteiger partial charge on any atom is 0.256 e. The van der Waals surface area contributed by atoms with Gasteiger partial charge in [-0.15, -0.1) is 0 Å². The van der Waals surface area contributed by atoms with Gasteiger partial charge in [-0.1, -0.05) is 31.0 Å². The van der Waals surface area contributed by atoms with E-state index >= 15 is 0 Å². The first-order chi connectivity index (χ1) is 10.7. The predicted molar refractivity (Wildman–Crippen MR) is 82.1 cm³/mol. The molecule has 0 spiro atoms. The zero-order valence-corrected chi connectivity index (χ0v) is 12.6. The number of nitrogens with one attached hydrogen (secondary N) is 1. The summed E-state index contributed by atoms with van der Waals surface area (Å²) in [5.74, 6) is -0.107. The van der Waals surface area contributed by atoms with Crippen LogP contribution in [0, 0.1) is 0 Å². The van der Waals surface area contributed by atoms with Crippen molar-refractivity contribution in [1.29, 1.82) is 0 Å². The van der Waals surface area contributed by atoms with Crippen LogP contribution >= 0.6 is 0 Å². The molecule has 5 heteroatoms. The van der Waals surface area contributed by atoms with Gasteiger partial charge < -0.3 is 15.3 Å². The van der Waals surface area contributed by atoms with E-state index in [1.165, 1.54) is 17.7 Å². The highest BCUT2D eigenvalue weighted by molar-refractivity contribution is 5.98. The van der Waals surface area contributed by atoms with E-state index in [4.69, 9.17) is 0 Å². The van der Waals surface area contributed by atoms with Crippen molar-refractivity contribution in [3.8, 4) is 0 Å². The van der Waals surface area contributed by atoms with Crippen LogP contribution < -0.4 is 5.32 Å². The number of aliphatic hydroxyl groups excluding tert-OH is 1. The zero-order chi connectivity index (χ0) is 15.5. The Bertz CT molecular complexity index is 567. The molecule has 1 aliphatic heterocycles. The van der Waals surface area contributed by atoms with Gasteiger partial charge in [0, 0.05) is 30.1 Å². The van der Waals surface area contributed by atoms with Gasteiger partial charge in [0.1, 0.15) is 0 Å². The topological polar surface area (TPSA) is 69.6 Å². The Morgan fingerprint density at radius 3 is 2.73 bits per heavy atom. The van der Waals surface area contributed by atoms with E-state index in [9.17, 15) is 14.7 Å². The van der Waals surface area contributed by atoms with Gasteiger partial charge in [0.25, 0.3) is 5.91 Å². The second-order valence-corrected chi connectivity index (χ2v) is 6.11. The number of aliphatic hydroxyl groups is 1. The number of rotatable bonds is 5. The normalized spacial score (nSPS) is 21.2. The van der Waals surface area contributed by atoms with Gasteiger partial charge in [-0.05, 0) is 25.3 Å². The van der Waals surface area contributed by atoms with Gasteiger partial charge in [-0.2, -0.15) is 0 Å². The Morgan fingerprint density at radius 1 is 1.27 bits per heavy atom. The standard InChI is InChI=1S/C17H22N2O3/c20-15(18-12-6-1-2-7-12)10-5-11-19-16(21)13-8-3-4-9-14(13)17(19)22/h3-4,8-9,12,16,21H,1-2,5-7,10-11H2,(H,18,20). The smallest absolute Gasteiger partial charge is 0.256 e. The minimum absolute atomic E-state index is 0.0468. The molecule has 3 rings (SSSR count). The van der Waals surface area contributed by atoms with Crippen LogP contribution in [0.3, 0.4) is 0 Å². The van der Waals surface area contributed by atoms with Crippen LogP contribution in [0.5, 0.6) is 0 Å². The lowest BCUT2D eigenvalue weighted by Crippen LogP contribution is -2.34. The van der Waals surface area contributed by atoms with E-state index in [2.05, 4.69) is 5.32 Å². The monoisotopic (exact) mass is 302 g/mol. The summed E-state index contributed by atoms with van der Waals surface area (Å²) in [7, 11) is 0. The largest absolute Gasteiger partial charge is 0.369 e. The van der Waals surface area contributed by atoms with Crippen molar-refractivity contribution >= 4 is 11.8 Å². The van der Waals surface area contributed by atoms with Gasteiger partial charge in [0.2, 0.25) is 5.91 Å². The van der Waals surface area contributed by atoms with Crippen molar-refractivity contribution in [2.75, 3.05) is 6.54 Å². The van der Waals surface area contributed by atoms with Gasteiger partial charge in [-0.3, -0.25) is 9.59 Å². The quantitative estimate of drug-likeness (QED) is 0.873. The maximum absolute atomic E-state index is 12.2. The molecule has 1 unspecified atom stereocenters. The lowest BCUT2D eigenvalue weighted by molar-refractivity contribution is -0.122. The summed E-state index contributed by atoms with van der Waals surface area (Å²) in [5, 5.41) is 13.3. The maximum atomic E-state index is 12.2. The highest BCUT2D eigenvalue weighted by atomic mass is 16.3. The summed E-state index contributed by atoms with van der Waals surface area (Å²) in [4.78, 5) is 25.5. The van der Waals surface area contributed by atoms with Crippen LogP contribution in [-0.4, -0.2) is 34.4 Å². The lowest BCUT2D eigenvalue weighted by atomic mass is 10.1. The second kappa shape index (κ2) is 6.48. The molecule has 1 fully saturated rings. The van der Waals surface area contributed by atoms with Crippen molar-refractivity contribution in [1.82, 2.24) is 10.2 Å². The number of carbonyl (C=O) groups excluding carboxylic acids is 2. The third-order valence-electron chi connectivity index (χ3n) is 4.55. The molecule has 0 radical (unpaired) electrons. The van der Waals surface area contributed by atoms with Crippen molar-refractivity contribution in [3.63, 3.8) is 0 Å². The molecule has 1 heterocycles. The SMILES string of the molecule is O=C(CCCN1C(=O)c2ccccc2C1O)NC1CCCC1. The van der Waals surface area contributed by atoms with Gasteiger partial charge in [0.05, 0.1) is 0 Å². The minimum Gasteiger partial charge on any atom is -0.369 e. The highest BCUT2D eigenvalue weighted by Crippen LogP contribution is 2.31. The molecule has 0 bridgehead atoms. The summed E-state index contributed by atoms with van der Waals surface area (Å²) in [6, 6.07) is 7.43. The van der Waals surface area contributed by atoms with E-state index in [1.54, 1.807) is 18.2 Å². The van der Waals surface area contributed by atoms with Crippen molar-refractivity contribution in [2.45, 2.75) is 50.8 Å². The van der Waals surface area contributed by atoms with Gasteiger partial charge in [-0.25, -0.2) is 0 Å². The molecular weight excluding hydrogens is 280 g/mol. The number of nitrogens with zero attached hydrogens (tertiary/aromatic N) is 1. The van der Waals surface area contributed by atoms with Gasteiger partial charge in [0.15, 0.2) is 6.23 Å². The first-order valence-electron chi connectivity index (χ1n) is 8.04. The van der Waals surface area contributed by atoms with Crippen molar-refractivity contribution < 1.29 is 14.7 Å². The molecule has 0 aromatic heterocycles. The first kappa shape index (κ1) is 15.0. The first-order valence-corrected chi connectivity index (χ1v) is 8.04. The minimum atomic E-state index is -0.887.